The monoisotopic (exact) mass is 509 g/mol. The molecular weight excluding hydrogens is 485 g/mol. The van der Waals surface area contributed by atoms with Gasteiger partial charge >= 0.3 is 0 Å². The molecule has 11 heteroatoms. The Hall–Kier alpha value is -3.96. The maximum absolute atomic E-state index is 14.8. The van der Waals surface area contributed by atoms with Crippen LogP contribution < -0.4 is 14.4 Å². The highest BCUT2D eigenvalue weighted by Crippen LogP contribution is 2.36. The molecule has 1 N–H and O–H groups in total. The summed E-state index contributed by atoms with van der Waals surface area (Å²) in [5, 5.41) is 17.6. The van der Waals surface area contributed by atoms with Crippen molar-refractivity contribution in [3.05, 3.63) is 77.1 Å². The second-order valence-electron chi connectivity index (χ2n) is 7.82. The molecule has 0 aliphatic rings. The topological polar surface area (TPSA) is 111 Å². The number of hydrogen-bond acceptors (Lipinski definition) is 9. The molecule has 0 radical (unpaired) electrons. The van der Waals surface area contributed by atoms with Gasteiger partial charge in [0.15, 0.2) is 0 Å². The second-order valence-corrected chi connectivity index (χ2v) is 8.74. The molecule has 1 aromatic carbocycles. The summed E-state index contributed by atoms with van der Waals surface area (Å²) in [6, 6.07) is 9.82. The maximum Gasteiger partial charge on any atom is 0.296 e. The number of nitrogens with zero attached hydrogens (tertiary/aromatic N) is 5. The average molecular weight is 510 g/mol. The van der Waals surface area contributed by atoms with Gasteiger partial charge in [0.1, 0.15) is 18.2 Å². The first-order valence-corrected chi connectivity index (χ1v) is 11.8. The van der Waals surface area contributed by atoms with Gasteiger partial charge in [-0.05, 0) is 54.5 Å². The summed E-state index contributed by atoms with van der Waals surface area (Å²) < 4.78 is 25.9. The molecule has 3 aromatic heterocycles. The van der Waals surface area contributed by atoms with Crippen molar-refractivity contribution in [2.45, 2.75) is 20.0 Å². The van der Waals surface area contributed by atoms with Crippen LogP contribution in [0.25, 0.3) is 11.1 Å². The van der Waals surface area contributed by atoms with E-state index in [1.165, 1.54) is 24.3 Å². The van der Waals surface area contributed by atoms with Gasteiger partial charge in [-0.1, -0.05) is 17.2 Å². The number of carbonyl (C=O) groups is 1. The van der Waals surface area contributed by atoms with Gasteiger partial charge in [0, 0.05) is 37.3 Å². The summed E-state index contributed by atoms with van der Waals surface area (Å²) >= 11 is 1.09. The standard InChI is InChI=1S/C25H24FN5O4S/c1-15-11-18(22-20(26)5-4-6-21(22)34-3)19(13-27-15)23(33)31(2)24-29-30-25(36-24)35-14-17-8-7-16(9-10-32)12-28-17/h4-8,11-13,32H,9-10,14H2,1-3H3. The number of carbonyl (C=O) groups excluding carboxylic acids is 1. The number of halogens is 1. The summed E-state index contributed by atoms with van der Waals surface area (Å²) in [6.07, 6.45) is 3.64. The Balaban J connectivity index is 1.54. The van der Waals surface area contributed by atoms with Gasteiger partial charge in [-0.25, -0.2) is 4.39 Å². The highest BCUT2D eigenvalue weighted by Gasteiger charge is 2.25. The molecule has 9 nitrogen and oxygen atoms in total. The van der Waals surface area contributed by atoms with Gasteiger partial charge < -0.3 is 14.6 Å². The number of aryl methyl sites for hydroxylation is 1. The lowest BCUT2D eigenvalue weighted by atomic mass is 9.98. The van der Waals surface area contributed by atoms with Crippen LogP contribution in [0.1, 0.15) is 27.3 Å². The van der Waals surface area contributed by atoms with E-state index in [4.69, 9.17) is 14.6 Å². The largest absolute Gasteiger partial charge is 0.496 e. The molecule has 1 amide bonds. The van der Waals surface area contributed by atoms with E-state index in [0.717, 1.165) is 16.9 Å². The Bertz CT molecular complexity index is 1360. The number of amides is 1. The third-order valence-corrected chi connectivity index (χ3v) is 6.27. The maximum atomic E-state index is 14.8. The minimum absolute atomic E-state index is 0.0608. The molecule has 4 rings (SSSR count). The van der Waals surface area contributed by atoms with Crippen LogP contribution in [0, 0.1) is 12.7 Å². The quantitative estimate of drug-likeness (QED) is 0.362. The Morgan fingerprint density at radius 3 is 2.72 bits per heavy atom. The summed E-state index contributed by atoms with van der Waals surface area (Å²) in [7, 11) is 3.00. The van der Waals surface area contributed by atoms with E-state index >= 15 is 0 Å². The van der Waals surface area contributed by atoms with Crippen molar-refractivity contribution in [3.63, 3.8) is 0 Å². The van der Waals surface area contributed by atoms with Crippen molar-refractivity contribution < 1.29 is 23.8 Å². The Labute approximate surface area is 211 Å². The Kier molecular flexibility index (Phi) is 7.81. The number of aliphatic hydroxyl groups excluding tert-OH is 1. The lowest BCUT2D eigenvalue weighted by Crippen LogP contribution is -2.27. The first-order chi connectivity index (χ1) is 17.4. The summed E-state index contributed by atoms with van der Waals surface area (Å²) in [6.45, 7) is 1.99. The van der Waals surface area contributed by atoms with Crippen LogP contribution in [0.2, 0.25) is 0 Å². The van der Waals surface area contributed by atoms with Crippen molar-refractivity contribution in [3.8, 4) is 22.1 Å². The van der Waals surface area contributed by atoms with Crippen LogP contribution in [0.5, 0.6) is 10.9 Å². The van der Waals surface area contributed by atoms with Gasteiger partial charge in [0.25, 0.3) is 11.1 Å². The van der Waals surface area contributed by atoms with Gasteiger partial charge in [0.05, 0.1) is 23.9 Å². The van der Waals surface area contributed by atoms with Crippen molar-refractivity contribution in [2.75, 3.05) is 25.7 Å². The zero-order chi connectivity index (χ0) is 25.7. The molecule has 4 aromatic rings. The van der Waals surface area contributed by atoms with Gasteiger partial charge in [-0.2, -0.15) is 0 Å². The SMILES string of the molecule is COc1cccc(F)c1-c1cc(C)ncc1C(=O)N(C)c1nnc(OCc2ccc(CCO)cn2)s1. The number of aromatic nitrogens is 4. The number of methoxy groups -OCH3 is 1. The highest BCUT2D eigenvalue weighted by atomic mass is 32.1. The van der Waals surface area contributed by atoms with Crippen LogP contribution in [0.15, 0.2) is 48.8 Å². The van der Waals surface area contributed by atoms with E-state index in [9.17, 15) is 9.18 Å². The molecule has 0 saturated carbocycles. The van der Waals surface area contributed by atoms with Gasteiger partial charge in [-0.3, -0.25) is 19.7 Å². The molecule has 0 atom stereocenters. The zero-order valence-corrected chi connectivity index (χ0v) is 20.8. The molecule has 0 spiro atoms. The zero-order valence-electron chi connectivity index (χ0n) is 19.9. The molecule has 0 saturated heterocycles. The van der Waals surface area contributed by atoms with E-state index < -0.39 is 11.7 Å². The van der Waals surface area contributed by atoms with E-state index in [-0.39, 0.29) is 29.5 Å². The lowest BCUT2D eigenvalue weighted by molar-refractivity contribution is 0.0993. The minimum atomic E-state index is -0.513. The van der Waals surface area contributed by atoms with Crippen molar-refractivity contribution in [2.24, 2.45) is 0 Å². The van der Waals surface area contributed by atoms with E-state index in [1.54, 1.807) is 38.4 Å². The van der Waals surface area contributed by atoms with Crippen molar-refractivity contribution in [1.82, 2.24) is 20.2 Å². The van der Waals surface area contributed by atoms with Gasteiger partial charge in [-0.15, -0.1) is 5.10 Å². The first kappa shape index (κ1) is 25.1. The highest BCUT2D eigenvalue weighted by molar-refractivity contribution is 7.17. The average Bonchev–Trinajstić information content (AvgIpc) is 3.36. The van der Waals surface area contributed by atoms with Crippen molar-refractivity contribution in [1.29, 1.82) is 0 Å². The predicted octanol–water partition coefficient (Wildman–Crippen LogP) is 3.84. The van der Waals surface area contributed by atoms with E-state index in [0.29, 0.717) is 34.3 Å². The number of anilines is 1. The molecule has 36 heavy (non-hydrogen) atoms. The number of hydrogen-bond donors (Lipinski definition) is 1. The fourth-order valence-corrected chi connectivity index (χ4v) is 4.15. The molecule has 186 valence electrons. The minimum Gasteiger partial charge on any atom is -0.496 e. The molecule has 0 aliphatic heterocycles. The molecule has 0 bridgehead atoms. The summed E-state index contributed by atoms with van der Waals surface area (Å²) in [5.74, 6) is -0.644. The molecule has 0 unspecified atom stereocenters. The number of ether oxygens (including phenoxy) is 2. The number of pyridine rings is 2. The Morgan fingerprint density at radius 2 is 2.00 bits per heavy atom. The third-order valence-electron chi connectivity index (χ3n) is 5.35. The lowest BCUT2D eigenvalue weighted by Gasteiger charge is -2.17. The molecule has 0 fully saturated rings. The molecule has 0 aliphatic carbocycles. The molecular formula is C25H24FN5O4S. The van der Waals surface area contributed by atoms with Crippen LogP contribution in [-0.4, -0.2) is 51.9 Å². The first-order valence-electron chi connectivity index (χ1n) is 11.0. The van der Waals surface area contributed by atoms with Crippen LogP contribution in [0.3, 0.4) is 0 Å². The van der Waals surface area contributed by atoms with Crippen LogP contribution in [0.4, 0.5) is 9.52 Å². The van der Waals surface area contributed by atoms with Crippen LogP contribution >= 0.6 is 11.3 Å². The van der Waals surface area contributed by atoms with E-state index in [2.05, 4.69) is 20.2 Å². The fourth-order valence-electron chi connectivity index (χ4n) is 3.49. The van der Waals surface area contributed by atoms with Crippen LogP contribution in [-0.2, 0) is 13.0 Å². The number of aliphatic hydroxyl groups is 1. The second kappa shape index (κ2) is 11.2. The number of benzene rings is 1. The Morgan fingerprint density at radius 1 is 1.17 bits per heavy atom. The smallest absolute Gasteiger partial charge is 0.296 e. The molecule has 3 heterocycles. The van der Waals surface area contributed by atoms with Crippen molar-refractivity contribution >= 4 is 22.4 Å². The predicted molar refractivity (Wildman–Crippen MR) is 133 cm³/mol. The van der Waals surface area contributed by atoms with E-state index in [1.807, 2.05) is 12.1 Å². The normalized spacial score (nSPS) is 10.8. The fraction of sp³-hybridized carbons (Fsp3) is 0.240. The third kappa shape index (κ3) is 5.47. The summed E-state index contributed by atoms with van der Waals surface area (Å²) in [4.78, 5) is 23.3. The van der Waals surface area contributed by atoms with Gasteiger partial charge in [0.2, 0.25) is 5.13 Å². The summed E-state index contributed by atoms with van der Waals surface area (Å²) in [5.41, 5.74) is 2.98. The number of rotatable bonds is 9.